The molecule has 2 aromatic carbocycles. The van der Waals surface area contributed by atoms with E-state index in [0.29, 0.717) is 23.5 Å². The zero-order valence-electron chi connectivity index (χ0n) is 15.6. The van der Waals surface area contributed by atoms with Crippen LogP contribution in [0.3, 0.4) is 0 Å². The van der Waals surface area contributed by atoms with Crippen LogP contribution < -0.4 is 5.32 Å². The average molecular weight is 399 g/mol. The van der Waals surface area contributed by atoms with E-state index in [1.54, 1.807) is 36.2 Å². The molecule has 1 N–H and O–H groups in total. The third-order valence-corrected chi connectivity index (χ3v) is 6.45. The lowest BCUT2D eigenvalue weighted by Crippen LogP contribution is -2.40. The van der Waals surface area contributed by atoms with E-state index in [0.717, 1.165) is 5.56 Å². The van der Waals surface area contributed by atoms with Crippen LogP contribution in [-0.2, 0) is 14.3 Å². The Bertz CT molecular complexity index is 1050. The summed E-state index contributed by atoms with van der Waals surface area (Å²) in [5, 5.41) is 3.21. The third kappa shape index (κ3) is 3.29. The van der Waals surface area contributed by atoms with E-state index in [1.807, 2.05) is 19.1 Å². The van der Waals surface area contributed by atoms with Crippen LogP contribution in [-0.4, -0.2) is 50.8 Å². The molecule has 2 aromatic rings. The molecular weight excluding hydrogens is 378 g/mol. The summed E-state index contributed by atoms with van der Waals surface area (Å²) in [6.45, 7) is 2.07. The van der Waals surface area contributed by atoms with Crippen molar-refractivity contribution in [2.24, 2.45) is 4.99 Å². The number of benzene rings is 2. The molecule has 0 saturated carbocycles. The van der Waals surface area contributed by atoms with Crippen LogP contribution in [0.25, 0.3) is 0 Å². The van der Waals surface area contributed by atoms with E-state index < -0.39 is 16.2 Å². The number of nitrogens with one attached hydrogen (secondary N) is 1. The van der Waals surface area contributed by atoms with E-state index >= 15 is 0 Å². The number of para-hydroxylation sites is 1. The van der Waals surface area contributed by atoms with Crippen LogP contribution >= 0.6 is 0 Å². The standard InChI is InChI=1S/C20H21N3O4S/c1-13-7-9-15(10-8-13)28(25,26)27-14-11-18-19(21-2)22-17-6-4-3-5-16(17)20(24)23(18)12-14/h3-10,14,18H,11-12H2,1-2H3,(H,21,22)/t14-,18+/m1/s1. The van der Waals surface area contributed by atoms with Crippen LogP contribution in [0, 0.1) is 6.92 Å². The van der Waals surface area contributed by atoms with E-state index in [4.69, 9.17) is 4.18 Å². The first-order chi connectivity index (χ1) is 13.4. The first-order valence-electron chi connectivity index (χ1n) is 9.02. The average Bonchev–Trinajstić information content (AvgIpc) is 3.04. The van der Waals surface area contributed by atoms with Gasteiger partial charge in [0.25, 0.3) is 16.0 Å². The van der Waals surface area contributed by atoms with Crippen LogP contribution in [0.2, 0.25) is 0 Å². The monoisotopic (exact) mass is 399 g/mol. The molecule has 4 rings (SSSR count). The summed E-state index contributed by atoms with van der Waals surface area (Å²) >= 11 is 0. The number of hydrogen-bond donors (Lipinski definition) is 1. The number of amides is 1. The molecule has 0 bridgehead atoms. The second-order valence-corrected chi connectivity index (χ2v) is 8.55. The molecule has 28 heavy (non-hydrogen) atoms. The molecule has 0 radical (unpaired) electrons. The normalized spacial score (nSPS) is 23.1. The number of hydrogen-bond acceptors (Lipinski definition) is 5. The Morgan fingerprint density at radius 3 is 2.57 bits per heavy atom. The summed E-state index contributed by atoms with van der Waals surface area (Å²) in [4.78, 5) is 19.1. The second kappa shape index (κ2) is 7.03. The highest BCUT2D eigenvalue weighted by Crippen LogP contribution is 2.31. The van der Waals surface area contributed by atoms with E-state index in [2.05, 4.69) is 10.3 Å². The van der Waals surface area contributed by atoms with Crippen molar-refractivity contribution in [1.82, 2.24) is 4.90 Å². The lowest BCUT2D eigenvalue weighted by atomic mass is 10.1. The van der Waals surface area contributed by atoms with Gasteiger partial charge in [0.15, 0.2) is 0 Å². The topological polar surface area (TPSA) is 88.1 Å². The minimum Gasteiger partial charge on any atom is -0.342 e. The van der Waals surface area contributed by atoms with Crippen LogP contribution in [0.15, 0.2) is 58.4 Å². The molecule has 1 amide bonds. The fourth-order valence-corrected chi connectivity index (χ4v) is 4.73. The van der Waals surface area contributed by atoms with Gasteiger partial charge >= 0.3 is 0 Å². The first-order valence-corrected chi connectivity index (χ1v) is 10.4. The number of carbonyl (C=O) groups excluding carboxylic acids is 1. The van der Waals surface area contributed by atoms with Gasteiger partial charge in [-0.15, -0.1) is 0 Å². The molecule has 0 unspecified atom stereocenters. The van der Waals surface area contributed by atoms with Crippen LogP contribution in [0.5, 0.6) is 0 Å². The predicted octanol–water partition coefficient (Wildman–Crippen LogP) is 2.44. The SMILES string of the molecule is CN=C1Nc2ccccc2C(=O)N2C[C@H](OS(=O)(=O)c3ccc(C)cc3)C[C@@H]12. The van der Waals surface area contributed by atoms with Gasteiger partial charge in [-0.2, -0.15) is 8.42 Å². The highest BCUT2D eigenvalue weighted by atomic mass is 32.2. The third-order valence-electron chi connectivity index (χ3n) is 5.07. The van der Waals surface area contributed by atoms with Crippen molar-refractivity contribution >= 4 is 27.5 Å². The van der Waals surface area contributed by atoms with Crippen molar-refractivity contribution in [2.75, 3.05) is 18.9 Å². The molecule has 2 aliphatic rings. The number of anilines is 1. The smallest absolute Gasteiger partial charge is 0.297 e. The van der Waals surface area contributed by atoms with E-state index in [1.165, 1.54) is 12.1 Å². The Labute approximate surface area is 164 Å². The minimum absolute atomic E-state index is 0.111. The fraction of sp³-hybridized carbons (Fsp3) is 0.300. The second-order valence-electron chi connectivity index (χ2n) is 6.97. The summed E-state index contributed by atoms with van der Waals surface area (Å²) in [5.74, 6) is 0.461. The Morgan fingerprint density at radius 1 is 1.14 bits per heavy atom. The maximum Gasteiger partial charge on any atom is 0.297 e. The molecule has 146 valence electrons. The summed E-state index contributed by atoms with van der Waals surface area (Å²) in [6.07, 6.45) is -0.283. The van der Waals surface area contributed by atoms with E-state index in [9.17, 15) is 13.2 Å². The zero-order valence-corrected chi connectivity index (χ0v) is 16.4. The Hall–Kier alpha value is -2.71. The number of aryl methyl sites for hydroxylation is 1. The van der Waals surface area contributed by atoms with Gasteiger partial charge in [0.1, 0.15) is 5.84 Å². The molecule has 2 atom stereocenters. The number of rotatable bonds is 3. The lowest BCUT2D eigenvalue weighted by Gasteiger charge is -2.21. The van der Waals surface area contributed by atoms with Crippen molar-refractivity contribution in [2.45, 2.75) is 30.4 Å². The van der Waals surface area contributed by atoms with Gasteiger partial charge in [-0.25, -0.2) is 0 Å². The largest absolute Gasteiger partial charge is 0.342 e. The quantitative estimate of drug-likeness (QED) is 0.801. The van der Waals surface area contributed by atoms with Gasteiger partial charge in [-0.05, 0) is 31.2 Å². The van der Waals surface area contributed by atoms with Gasteiger partial charge in [-0.1, -0.05) is 29.8 Å². The van der Waals surface area contributed by atoms with Gasteiger partial charge in [0.05, 0.1) is 28.3 Å². The van der Waals surface area contributed by atoms with Gasteiger partial charge in [0, 0.05) is 20.0 Å². The number of nitrogens with zero attached hydrogens (tertiary/aromatic N) is 2. The first kappa shape index (κ1) is 18.6. The molecule has 0 aromatic heterocycles. The predicted molar refractivity (Wildman–Crippen MR) is 106 cm³/mol. The van der Waals surface area contributed by atoms with Crippen LogP contribution in [0.4, 0.5) is 5.69 Å². The van der Waals surface area contributed by atoms with Crippen molar-refractivity contribution in [3.8, 4) is 0 Å². The molecule has 1 fully saturated rings. The van der Waals surface area contributed by atoms with Crippen LogP contribution in [0.1, 0.15) is 22.3 Å². The lowest BCUT2D eigenvalue weighted by molar-refractivity contribution is 0.0756. The molecule has 0 aliphatic carbocycles. The molecular formula is C20H21N3O4S. The maximum atomic E-state index is 13.0. The number of amidine groups is 1. The van der Waals surface area contributed by atoms with Crippen molar-refractivity contribution in [1.29, 1.82) is 0 Å². The van der Waals surface area contributed by atoms with Gasteiger partial charge in [-0.3, -0.25) is 14.0 Å². The fourth-order valence-electron chi connectivity index (χ4n) is 3.65. The summed E-state index contributed by atoms with van der Waals surface area (Å²) in [6, 6.07) is 13.4. The Balaban J connectivity index is 1.60. The highest BCUT2D eigenvalue weighted by molar-refractivity contribution is 7.86. The highest BCUT2D eigenvalue weighted by Gasteiger charge is 2.43. The molecule has 7 nitrogen and oxygen atoms in total. The van der Waals surface area contributed by atoms with Gasteiger partial charge < -0.3 is 10.2 Å². The molecule has 1 saturated heterocycles. The number of aliphatic imine (C=N–C) groups is 1. The summed E-state index contributed by atoms with van der Waals surface area (Å²) in [5.41, 5.74) is 2.20. The zero-order chi connectivity index (χ0) is 19.9. The molecule has 2 heterocycles. The van der Waals surface area contributed by atoms with Crippen molar-refractivity contribution < 1.29 is 17.4 Å². The summed E-state index contributed by atoms with van der Waals surface area (Å²) in [7, 11) is -2.26. The Morgan fingerprint density at radius 2 is 1.86 bits per heavy atom. The molecule has 8 heteroatoms. The minimum atomic E-state index is -3.91. The Kier molecular flexibility index (Phi) is 4.68. The number of carbonyl (C=O) groups is 1. The van der Waals surface area contributed by atoms with Crippen molar-refractivity contribution in [3.05, 3.63) is 59.7 Å². The molecule has 2 aliphatic heterocycles. The molecule has 0 spiro atoms. The van der Waals surface area contributed by atoms with Crippen molar-refractivity contribution in [3.63, 3.8) is 0 Å². The van der Waals surface area contributed by atoms with E-state index in [-0.39, 0.29) is 23.4 Å². The maximum absolute atomic E-state index is 13.0. The number of fused-ring (bicyclic) bond motifs is 2. The summed E-state index contributed by atoms with van der Waals surface area (Å²) < 4.78 is 30.7. The van der Waals surface area contributed by atoms with Gasteiger partial charge in [0.2, 0.25) is 0 Å².